The Kier molecular flexibility index (Phi) is 6.38. The van der Waals surface area contributed by atoms with Crippen LogP contribution >= 0.6 is 0 Å². The molecule has 0 heterocycles. The van der Waals surface area contributed by atoms with Crippen LogP contribution in [0.15, 0.2) is 47.5 Å². The van der Waals surface area contributed by atoms with E-state index in [1.165, 1.54) is 7.05 Å². The van der Waals surface area contributed by atoms with Crippen molar-refractivity contribution in [2.45, 2.75) is 19.3 Å². The van der Waals surface area contributed by atoms with Gasteiger partial charge < -0.3 is 16.4 Å². The molecule has 0 unspecified atom stereocenters. The van der Waals surface area contributed by atoms with Gasteiger partial charge in [-0.2, -0.15) is 13.2 Å². The van der Waals surface area contributed by atoms with Crippen molar-refractivity contribution in [1.82, 2.24) is 10.6 Å². The molecule has 0 aliphatic rings. The molecule has 0 atom stereocenters. The van der Waals surface area contributed by atoms with Crippen molar-refractivity contribution in [3.63, 3.8) is 0 Å². The van der Waals surface area contributed by atoms with Crippen molar-refractivity contribution in [2.24, 2.45) is 10.7 Å². The average Bonchev–Trinajstić information content (AvgIpc) is 2.62. The lowest BCUT2D eigenvalue weighted by atomic mass is 10.1. The molecule has 144 valence electrons. The monoisotopic (exact) mass is 382 g/mol. The normalized spacial score (nSPS) is 12.0. The Bertz CT molecular complexity index is 832. The Morgan fingerprint density at radius 1 is 1.07 bits per heavy atom. The maximum Gasteiger partial charge on any atom is 0.416 e. The van der Waals surface area contributed by atoms with Crippen molar-refractivity contribution in [3.8, 4) is 0 Å². The molecule has 0 aromatic heterocycles. The molecule has 0 radical (unpaired) electrons. The third-order valence-electron chi connectivity index (χ3n) is 3.75. The molecule has 0 saturated heterocycles. The van der Waals surface area contributed by atoms with Gasteiger partial charge in [-0.15, -0.1) is 0 Å². The molecule has 0 bridgehead atoms. The molecular weight excluding hydrogens is 364 g/mol. The lowest BCUT2D eigenvalue weighted by Gasteiger charge is -2.16. The van der Waals surface area contributed by atoms with Crippen LogP contribution in [0, 0.1) is 5.82 Å². The van der Waals surface area contributed by atoms with E-state index in [4.69, 9.17) is 5.73 Å². The molecule has 0 fully saturated rings. The lowest BCUT2D eigenvalue weighted by molar-refractivity contribution is -0.138. The van der Waals surface area contributed by atoms with Gasteiger partial charge in [-0.25, -0.2) is 4.39 Å². The lowest BCUT2D eigenvalue weighted by Crippen LogP contribution is -2.36. The topological polar surface area (TPSA) is 79.5 Å². The maximum absolute atomic E-state index is 13.1. The molecule has 0 saturated carbocycles. The molecule has 0 spiro atoms. The highest BCUT2D eigenvalue weighted by Crippen LogP contribution is 2.32. The first kappa shape index (κ1) is 20.2. The highest BCUT2D eigenvalue weighted by molar-refractivity contribution is 5.92. The number of benzene rings is 2. The van der Waals surface area contributed by atoms with Gasteiger partial charge in [-0.1, -0.05) is 18.2 Å². The Balaban J connectivity index is 1.99. The van der Waals surface area contributed by atoms with E-state index in [-0.39, 0.29) is 18.1 Å². The first-order valence-electron chi connectivity index (χ1n) is 7.89. The van der Waals surface area contributed by atoms with Crippen LogP contribution in [-0.4, -0.2) is 18.9 Å². The number of alkyl halides is 3. The molecule has 27 heavy (non-hydrogen) atoms. The number of carbonyl (C=O) groups excluding carboxylic acids is 1. The summed E-state index contributed by atoms with van der Waals surface area (Å²) in [4.78, 5) is 15.0. The molecule has 2 rings (SSSR count). The zero-order valence-electron chi connectivity index (χ0n) is 14.4. The SMILES string of the molecule is CN=C(NCc1ccc(C(N)=O)cc1)NCc1ccc(F)cc1C(F)(F)F. The largest absolute Gasteiger partial charge is 0.416 e. The third kappa shape index (κ3) is 5.70. The number of nitrogens with two attached hydrogens (primary N) is 1. The van der Waals surface area contributed by atoms with Crippen molar-refractivity contribution in [1.29, 1.82) is 0 Å². The Labute approximate surface area is 153 Å². The van der Waals surface area contributed by atoms with E-state index in [2.05, 4.69) is 15.6 Å². The number of rotatable bonds is 5. The van der Waals surface area contributed by atoms with E-state index < -0.39 is 23.5 Å². The van der Waals surface area contributed by atoms with Crippen molar-refractivity contribution in [2.75, 3.05) is 7.05 Å². The Morgan fingerprint density at radius 2 is 1.70 bits per heavy atom. The van der Waals surface area contributed by atoms with Gasteiger partial charge in [-0.05, 0) is 35.4 Å². The van der Waals surface area contributed by atoms with Gasteiger partial charge in [0, 0.05) is 25.7 Å². The number of aliphatic imine (C=N–C) groups is 1. The van der Waals surface area contributed by atoms with Crippen LogP contribution in [-0.2, 0) is 19.3 Å². The maximum atomic E-state index is 13.1. The number of primary amides is 1. The minimum absolute atomic E-state index is 0.0994. The van der Waals surface area contributed by atoms with Gasteiger partial charge in [-0.3, -0.25) is 9.79 Å². The van der Waals surface area contributed by atoms with Gasteiger partial charge in [0.1, 0.15) is 5.82 Å². The van der Waals surface area contributed by atoms with E-state index in [1.54, 1.807) is 24.3 Å². The van der Waals surface area contributed by atoms with Crippen molar-refractivity contribution < 1.29 is 22.4 Å². The van der Waals surface area contributed by atoms with E-state index in [0.717, 1.165) is 17.7 Å². The van der Waals surface area contributed by atoms with Crippen LogP contribution in [0.3, 0.4) is 0 Å². The van der Waals surface area contributed by atoms with Gasteiger partial charge in [0.15, 0.2) is 5.96 Å². The molecular formula is C18H18F4N4O. The number of nitrogens with zero attached hydrogens (tertiary/aromatic N) is 1. The predicted octanol–water partition coefficient (Wildman–Crippen LogP) is 2.81. The number of hydrogen-bond acceptors (Lipinski definition) is 2. The number of guanidine groups is 1. The van der Waals surface area contributed by atoms with Crippen LogP contribution in [0.25, 0.3) is 0 Å². The van der Waals surface area contributed by atoms with E-state index >= 15 is 0 Å². The minimum atomic E-state index is -4.65. The number of amides is 1. The Hall–Kier alpha value is -3.10. The summed E-state index contributed by atoms with van der Waals surface area (Å²) in [7, 11) is 1.47. The fourth-order valence-corrected chi connectivity index (χ4v) is 2.34. The van der Waals surface area contributed by atoms with Gasteiger partial charge in [0.05, 0.1) is 5.56 Å². The van der Waals surface area contributed by atoms with Gasteiger partial charge in [0.2, 0.25) is 5.91 Å². The quantitative estimate of drug-likeness (QED) is 0.423. The highest BCUT2D eigenvalue weighted by atomic mass is 19.4. The second kappa shape index (κ2) is 8.52. The zero-order valence-corrected chi connectivity index (χ0v) is 14.4. The summed E-state index contributed by atoms with van der Waals surface area (Å²) in [6, 6.07) is 9.06. The summed E-state index contributed by atoms with van der Waals surface area (Å²) in [6.07, 6.45) is -4.65. The zero-order chi connectivity index (χ0) is 20.0. The minimum Gasteiger partial charge on any atom is -0.366 e. The number of hydrogen-bond donors (Lipinski definition) is 3. The van der Waals surface area contributed by atoms with Crippen LogP contribution in [0.1, 0.15) is 27.0 Å². The van der Waals surface area contributed by atoms with E-state index in [9.17, 15) is 22.4 Å². The Morgan fingerprint density at radius 3 is 2.26 bits per heavy atom. The molecule has 2 aromatic carbocycles. The predicted molar refractivity (Wildman–Crippen MR) is 93.4 cm³/mol. The molecule has 2 aromatic rings. The summed E-state index contributed by atoms with van der Waals surface area (Å²) in [5.41, 5.74) is 5.23. The summed E-state index contributed by atoms with van der Waals surface area (Å²) in [6.45, 7) is 0.143. The standard InChI is InChI=1S/C18H18F4N4O/c1-24-17(25-9-11-2-4-12(5-3-11)16(23)27)26-10-13-6-7-14(19)8-15(13)18(20,21)22/h2-8H,9-10H2,1H3,(H2,23,27)(H2,24,25,26). The van der Waals surface area contributed by atoms with Crippen LogP contribution < -0.4 is 16.4 Å². The number of carbonyl (C=O) groups is 1. The van der Waals surface area contributed by atoms with E-state index in [1.807, 2.05) is 0 Å². The number of nitrogens with one attached hydrogen (secondary N) is 2. The average molecular weight is 382 g/mol. The third-order valence-corrected chi connectivity index (χ3v) is 3.75. The summed E-state index contributed by atoms with van der Waals surface area (Å²) >= 11 is 0. The van der Waals surface area contributed by atoms with Crippen LogP contribution in [0.4, 0.5) is 17.6 Å². The van der Waals surface area contributed by atoms with Gasteiger partial charge in [0.25, 0.3) is 0 Å². The van der Waals surface area contributed by atoms with Crippen LogP contribution in [0.2, 0.25) is 0 Å². The molecule has 5 nitrogen and oxygen atoms in total. The second-order valence-electron chi connectivity index (χ2n) is 5.64. The fraction of sp³-hybridized carbons (Fsp3) is 0.222. The summed E-state index contributed by atoms with van der Waals surface area (Å²) in [5, 5.41) is 5.70. The van der Waals surface area contributed by atoms with Gasteiger partial charge >= 0.3 is 6.18 Å². The second-order valence-corrected chi connectivity index (χ2v) is 5.64. The molecule has 0 aliphatic heterocycles. The van der Waals surface area contributed by atoms with Crippen molar-refractivity contribution in [3.05, 3.63) is 70.5 Å². The van der Waals surface area contributed by atoms with Crippen LogP contribution in [0.5, 0.6) is 0 Å². The smallest absolute Gasteiger partial charge is 0.366 e. The molecule has 4 N–H and O–H groups in total. The summed E-state index contributed by atoms with van der Waals surface area (Å²) in [5.74, 6) is -1.22. The van der Waals surface area contributed by atoms with E-state index in [0.29, 0.717) is 18.2 Å². The molecule has 0 aliphatic carbocycles. The molecule has 1 amide bonds. The first-order valence-corrected chi connectivity index (χ1v) is 7.89. The number of halogens is 4. The highest BCUT2D eigenvalue weighted by Gasteiger charge is 2.33. The first-order chi connectivity index (χ1) is 12.7. The van der Waals surface area contributed by atoms with Crippen molar-refractivity contribution >= 4 is 11.9 Å². The summed E-state index contributed by atoms with van der Waals surface area (Å²) < 4.78 is 52.2. The molecule has 9 heteroatoms. The fourth-order valence-electron chi connectivity index (χ4n) is 2.34.